The molecule has 0 saturated carbocycles. The smallest absolute Gasteiger partial charge is 0.257 e. The van der Waals surface area contributed by atoms with Crippen LogP contribution in [0.4, 0.5) is 14.5 Å². The molecule has 2 aromatic heterocycles. The first-order valence-corrected chi connectivity index (χ1v) is 8.36. The molecule has 0 amide bonds. The summed E-state index contributed by atoms with van der Waals surface area (Å²) in [5, 5.41) is 0. The quantitative estimate of drug-likeness (QED) is 0.862. The number of hydrogen-bond acceptors (Lipinski definition) is 4. The van der Waals surface area contributed by atoms with E-state index in [0.29, 0.717) is 39.1 Å². The molecule has 4 rings (SSSR count). The molecule has 1 atom stereocenters. The highest BCUT2D eigenvalue weighted by Crippen LogP contribution is 2.50. The van der Waals surface area contributed by atoms with Gasteiger partial charge in [0.05, 0.1) is 30.1 Å². The topological polar surface area (TPSA) is 32.5 Å². The number of furan rings is 1. The van der Waals surface area contributed by atoms with Crippen molar-refractivity contribution in [2.45, 2.75) is 25.3 Å². The molecule has 2 saturated heterocycles. The lowest BCUT2D eigenvalue weighted by Crippen LogP contribution is -2.56. The van der Waals surface area contributed by atoms with Crippen LogP contribution in [0.3, 0.4) is 0 Å². The molecule has 2 fully saturated rings. The molecule has 0 radical (unpaired) electrons. The van der Waals surface area contributed by atoms with E-state index in [9.17, 15) is 8.78 Å². The summed E-state index contributed by atoms with van der Waals surface area (Å²) in [4.78, 5) is 8.25. The number of pyridine rings is 1. The molecule has 0 N–H and O–H groups in total. The predicted molar refractivity (Wildman–Crippen MR) is 87.0 cm³/mol. The number of rotatable bonds is 3. The van der Waals surface area contributed by atoms with Gasteiger partial charge in [-0.3, -0.25) is 9.88 Å². The number of alkyl halides is 2. The molecule has 4 nitrogen and oxygen atoms in total. The lowest BCUT2D eigenvalue weighted by atomic mass is 9.75. The maximum absolute atomic E-state index is 14.8. The van der Waals surface area contributed by atoms with E-state index in [1.165, 1.54) is 0 Å². The number of aromatic nitrogens is 1. The summed E-state index contributed by atoms with van der Waals surface area (Å²) < 4.78 is 35.0. The van der Waals surface area contributed by atoms with Crippen LogP contribution in [0.15, 0.2) is 47.3 Å². The Morgan fingerprint density at radius 1 is 1.12 bits per heavy atom. The SMILES string of the molecule is FC1(F)CCN(Cc2ccco2)C[C@@]12CCN(c1cccnc1)C2. The average molecular weight is 333 g/mol. The summed E-state index contributed by atoms with van der Waals surface area (Å²) >= 11 is 0. The van der Waals surface area contributed by atoms with Gasteiger partial charge in [-0.05, 0) is 30.7 Å². The van der Waals surface area contributed by atoms with Crippen molar-refractivity contribution in [3.63, 3.8) is 0 Å². The second-order valence-electron chi connectivity index (χ2n) is 6.91. The number of likely N-dealkylation sites (tertiary alicyclic amines) is 1. The third kappa shape index (κ3) is 2.69. The number of halogens is 2. The van der Waals surface area contributed by atoms with Crippen molar-refractivity contribution in [2.24, 2.45) is 5.41 Å². The molecular weight excluding hydrogens is 312 g/mol. The largest absolute Gasteiger partial charge is 0.468 e. The molecule has 4 heterocycles. The first-order chi connectivity index (χ1) is 11.6. The second-order valence-corrected chi connectivity index (χ2v) is 6.91. The van der Waals surface area contributed by atoms with E-state index >= 15 is 0 Å². The fourth-order valence-electron chi connectivity index (χ4n) is 4.01. The van der Waals surface area contributed by atoms with Gasteiger partial charge in [0.15, 0.2) is 0 Å². The van der Waals surface area contributed by atoms with E-state index in [2.05, 4.69) is 9.88 Å². The van der Waals surface area contributed by atoms with Crippen LogP contribution in [0.25, 0.3) is 0 Å². The molecule has 1 spiro atoms. The Labute approximate surface area is 140 Å². The van der Waals surface area contributed by atoms with Crippen LogP contribution in [0.5, 0.6) is 0 Å². The minimum absolute atomic E-state index is 0.0887. The van der Waals surface area contributed by atoms with E-state index in [1.54, 1.807) is 18.7 Å². The van der Waals surface area contributed by atoms with Gasteiger partial charge in [0.25, 0.3) is 5.92 Å². The minimum Gasteiger partial charge on any atom is -0.468 e. The Balaban J connectivity index is 1.53. The van der Waals surface area contributed by atoms with E-state index in [1.807, 2.05) is 29.2 Å². The Morgan fingerprint density at radius 3 is 2.79 bits per heavy atom. The lowest BCUT2D eigenvalue weighted by molar-refractivity contribution is -0.159. The van der Waals surface area contributed by atoms with E-state index in [0.717, 1.165) is 11.4 Å². The first-order valence-electron chi connectivity index (χ1n) is 8.36. The third-order valence-corrected chi connectivity index (χ3v) is 5.37. The van der Waals surface area contributed by atoms with Gasteiger partial charge in [-0.1, -0.05) is 0 Å². The van der Waals surface area contributed by atoms with Crippen molar-refractivity contribution in [3.05, 3.63) is 48.7 Å². The normalized spacial score (nSPS) is 27.0. The van der Waals surface area contributed by atoms with Crippen molar-refractivity contribution in [3.8, 4) is 0 Å². The van der Waals surface area contributed by atoms with Crippen LogP contribution in [-0.4, -0.2) is 42.0 Å². The van der Waals surface area contributed by atoms with E-state index < -0.39 is 11.3 Å². The standard InChI is InChI=1S/C18H21F2N3O/c19-18(20)6-8-22(12-16-4-2-10-24-16)13-17(18)5-9-23(14-17)15-3-1-7-21-11-15/h1-4,7,10-11H,5-6,8-9,12-14H2/t17-/m1/s1. The van der Waals surface area contributed by atoms with Crippen LogP contribution in [-0.2, 0) is 6.54 Å². The Bertz CT molecular complexity index is 677. The van der Waals surface area contributed by atoms with Gasteiger partial charge in [0.2, 0.25) is 0 Å². The Hall–Kier alpha value is -1.95. The number of nitrogens with zero attached hydrogens (tertiary/aromatic N) is 3. The number of hydrogen-bond donors (Lipinski definition) is 0. The zero-order valence-corrected chi connectivity index (χ0v) is 13.5. The molecule has 0 aromatic carbocycles. The summed E-state index contributed by atoms with van der Waals surface area (Å²) in [6, 6.07) is 7.52. The number of piperidine rings is 1. The molecule has 24 heavy (non-hydrogen) atoms. The van der Waals surface area contributed by atoms with E-state index in [-0.39, 0.29) is 6.42 Å². The summed E-state index contributed by atoms with van der Waals surface area (Å²) in [5.41, 5.74) is -0.0680. The maximum Gasteiger partial charge on any atom is 0.257 e. The predicted octanol–water partition coefficient (Wildman–Crippen LogP) is 3.41. The van der Waals surface area contributed by atoms with Crippen molar-refractivity contribution in [1.82, 2.24) is 9.88 Å². The third-order valence-electron chi connectivity index (χ3n) is 5.37. The van der Waals surface area contributed by atoms with Crippen LogP contribution in [0, 0.1) is 5.41 Å². The van der Waals surface area contributed by atoms with Crippen molar-refractivity contribution >= 4 is 5.69 Å². The molecule has 6 heteroatoms. The molecule has 0 aliphatic carbocycles. The molecular formula is C18H21F2N3O. The molecule has 0 unspecified atom stereocenters. The first kappa shape index (κ1) is 15.6. The molecule has 2 aliphatic rings. The summed E-state index contributed by atoms with van der Waals surface area (Å²) in [7, 11) is 0. The fourth-order valence-corrected chi connectivity index (χ4v) is 4.01. The summed E-state index contributed by atoms with van der Waals surface area (Å²) in [6.45, 7) is 2.42. The monoisotopic (exact) mass is 333 g/mol. The highest BCUT2D eigenvalue weighted by atomic mass is 19.3. The molecule has 2 aliphatic heterocycles. The molecule has 2 aromatic rings. The van der Waals surface area contributed by atoms with Crippen LogP contribution >= 0.6 is 0 Å². The van der Waals surface area contributed by atoms with Gasteiger partial charge in [0, 0.05) is 38.8 Å². The zero-order chi connectivity index (χ0) is 16.6. The maximum atomic E-state index is 14.8. The zero-order valence-electron chi connectivity index (χ0n) is 13.5. The van der Waals surface area contributed by atoms with Gasteiger partial charge >= 0.3 is 0 Å². The summed E-state index contributed by atoms with van der Waals surface area (Å²) in [6.07, 6.45) is 5.50. The average Bonchev–Trinajstić information content (AvgIpc) is 3.23. The van der Waals surface area contributed by atoms with Gasteiger partial charge < -0.3 is 9.32 Å². The fraction of sp³-hybridized carbons (Fsp3) is 0.500. The number of anilines is 1. The van der Waals surface area contributed by atoms with Crippen molar-refractivity contribution in [1.29, 1.82) is 0 Å². The van der Waals surface area contributed by atoms with Crippen LogP contribution in [0.2, 0.25) is 0 Å². The van der Waals surface area contributed by atoms with Crippen LogP contribution in [0.1, 0.15) is 18.6 Å². The second kappa shape index (κ2) is 5.84. The molecule has 0 bridgehead atoms. The minimum atomic E-state index is -2.64. The van der Waals surface area contributed by atoms with Crippen molar-refractivity contribution in [2.75, 3.05) is 31.1 Å². The van der Waals surface area contributed by atoms with Gasteiger partial charge in [-0.15, -0.1) is 0 Å². The summed E-state index contributed by atoms with van der Waals surface area (Å²) in [5.74, 6) is -1.80. The van der Waals surface area contributed by atoms with Gasteiger partial charge in [-0.2, -0.15) is 0 Å². The highest BCUT2D eigenvalue weighted by Gasteiger charge is 2.59. The highest BCUT2D eigenvalue weighted by molar-refractivity contribution is 5.45. The lowest BCUT2D eigenvalue weighted by Gasteiger charge is -2.45. The van der Waals surface area contributed by atoms with Gasteiger partial charge in [-0.25, -0.2) is 8.78 Å². The van der Waals surface area contributed by atoms with E-state index in [4.69, 9.17) is 4.42 Å². The Morgan fingerprint density at radius 2 is 2.04 bits per heavy atom. The van der Waals surface area contributed by atoms with Crippen LogP contribution < -0.4 is 4.90 Å². The molecule has 128 valence electrons. The Kier molecular flexibility index (Phi) is 3.79. The van der Waals surface area contributed by atoms with Crippen molar-refractivity contribution < 1.29 is 13.2 Å². The van der Waals surface area contributed by atoms with Gasteiger partial charge in [0.1, 0.15) is 5.76 Å².